The van der Waals surface area contributed by atoms with Gasteiger partial charge < -0.3 is 14.2 Å². The van der Waals surface area contributed by atoms with Crippen molar-refractivity contribution < 1.29 is 14.1 Å². The number of nitrogens with zero attached hydrogens (tertiary/aromatic N) is 2. The average molecular weight is 300 g/mol. The van der Waals surface area contributed by atoms with Crippen molar-refractivity contribution in [3.63, 3.8) is 0 Å². The van der Waals surface area contributed by atoms with E-state index in [4.69, 9.17) is 9.26 Å². The Labute approximate surface area is 129 Å². The first-order chi connectivity index (χ1) is 10.7. The molecule has 1 aromatic carbocycles. The van der Waals surface area contributed by atoms with Gasteiger partial charge in [-0.2, -0.15) is 0 Å². The molecule has 0 bridgehead atoms. The van der Waals surface area contributed by atoms with Crippen molar-refractivity contribution in [1.29, 1.82) is 0 Å². The maximum absolute atomic E-state index is 12.9. The molecule has 3 rings (SSSR count). The van der Waals surface area contributed by atoms with Crippen LogP contribution < -0.4 is 0 Å². The van der Waals surface area contributed by atoms with E-state index in [-0.39, 0.29) is 12.0 Å². The van der Waals surface area contributed by atoms with Gasteiger partial charge in [0.1, 0.15) is 17.0 Å². The number of ether oxygens (including phenoxy) is 1. The highest BCUT2D eigenvalue weighted by Gasteiger charge is 2.29. The van der Waals surface area contributed by atoms with E-state index in [9.17, 15) is 4.79 Å². The van der Waals surface area contributed by atoms with Gasteiger partial charge in [0, 0.05) is 25.8 Å². The van der Waals surface area contributed by atoms with Crippen LogP contribution >= 0.6 is 0 Å². The Bertz CT molecular complexity index is 643. The molecule has 5 nitrogen and oxygen atoms in total. The van der Waals surface area contributed by atoms with Crippen molar-refractivity contribution in [2.75, 3.05) is 20.2 Å². The molecule has 1 aromatic heterocycles. The Morgan fingerprint density at radius 1 is 1.27 bits per heavy atom. The van der Waals surface area contributed by atoms with E-state index in [0.717, 1.165) is 18.4 Å². The van der Waals surface area contributed by atoms with Crippen LogP contribution in [0.25, 0.3) is 11.3 Å². The summed E-state index contributed by atoms with van der Waals surface area (Å²) in [4.78, 5) is 14.7. The van der Waals surface area contributed by atoms with Crippen molar-refractivity contribution >= 4 is 5.91 Å². The summed E-state index contributed by atoms with van der Waals surface area (Å²) in [5.41, 5.74) is 2.09. The highest BCUT2D eigenvalue weighted by atomic mass is 16.5. The predicted octanol–water partition coefficient (Wildman–Crippen LogP) is 2.90. The number of piperidine rings is 1. The lowest BCUT2D eigenvalue weighted by atomic mass is 10.0. The molecule has 1 aliphatic rings. The number of aryl methyl sites for hydroxylation is 1. The lowest BCUT2D eigenvalue weighted by Gasteiger charge is -2.31. The average Bonchev–Trinajstić information content (AvgIpc) is 2.96. The molecule has 0 spiro atoms. The lowest BCUT2D eigenvalue weighted by Crippen LogP contribution is -2.40. The van der Waals surface area contributed by atoms with E-state index in [0.29, 0.717) is 30.1 Å². The summed E-state index contributed by atoms with van der Waals surface area (Å²) in [5, 5.41) is 4.09. The fourth-order valence-corrected chi connectivity index (χ4v) is 2.87. The van der Waals surface area contributed by atoms with E-state index in [2.05, 4.69) is 5.16 Å². The number of likely N-dealkylation sites (tertiary alicyclic amines) is 1. The van der Waals surface area contributed by atoms with Crippen molar-refractivity contribution in [3.8, 4) is 11.3 Å². The zero-order valence-electron chi connectivity index (χ0n) is 12.9. The second-order valence-electron chi connectivity index (χ2n) is 5.56. The molecule has 2 aromatic rings. The van der Waals surface area contributed by atoms with Gasteiger partial charge in [0.25, 0.3) is 5.91 Å². The fraction of sp³-hybridized carbons (Fsp3) is 0.412. The van der Waals surface area contributed by atoms with Gasteiger partial charge in [-0.3, -0.25) is 4.79 Å². The van der Waals surface area contributed by atoms with Crippen LogP contribution in [0.1, 0.15) is 29.0 Å². The van der Waals surface area contributed by atoms with Crippen molar-refractivity contribution in [2.24, 2.45) is 0 Å². The van der Waals surface area contributed by atoms with E-state index in [1.165, 1.54) is 0 Å². The number of benzene rings is 1. The quantitative estimate of drug-likeness (QED) is 0.874. The van der Waals surface area contributed by atoms with Gasteiger partial charge >= 0.3 is 0 Å². The van der Waals surface area contributed by atoms with Crippen LogP contribution in [0.5, 0.6) is 0 Å². The summed E-state index contributed by atoms with van der Waals surface area (Å²) in [6, 6.07) is 9.67. The third-order valence-electron chi connectivity index (χ3n) is 4.19. The molecule has 0 aliphatic carbocycles. The zero-order chi connectivity index (χ0) is 15.5. The van der Waals surface area contributed by atoms with Gasteiger partial charge in [-0.25, -0.2) is 0 Å². The second kappa shape index (κ2) is 6.32. The Balaban J connectivity index is 1.86. The molecule has 1 fully saturated rings. The van der Waals surface area contributed by atoms with Crippen LogP contribution in [0, 0.1) is 6.92 Å². The molecular formula is C17H20N2O3. The summed E-state index contributed by atoms with van der Waals surface area (Å²) in [6.07, 6.45) is 1.99. The maximum atomic E-state index is 12.9. The molecule has 0 radical (unpaired) electrons. The summed E-state index contributed by atoms with van der Waals surface area (Å²) in [5.74, 6) is 0.560. The number of methoxy groups -OCH3 is 1. The predicted molar refractivity (Wildman–Crippen MR) is 82.6 cm³/mol. The smallest absolute Gasteiger partial charge is 0.259 e. The number of hydrogen-bond acceptors (Lipinski definition) is 4. The highest BCUT2D eigenvalue weighted by Crippen LogP contribution is 2.27. The third kappa shape index (κ3) is 2.76. The summed E-state index contributed by atoms with van der Waals surface area (Å²) < 4.78 is 10.6. The van der Waals surface area contributed by atoms with Gasteiger partial charge in [0.05, 0.1) is 6.10 Å². The van der Waals surface area contributed by atoms with Crippen molar-refractivity contribution in [2.45, 2.75) is 25.9 Å². The Hall–Kier alpha value is -2.14. The van der Waals surface area contributed by atoms with Gasteiger partial charge in [-0.15, -0.1) is 0 Å². The first-order valence-electron chi connectivity index (χ1n) is 7.54. The van der Waals surface area contributed by atoms with Crippen molar-refractivity contribution in [1.82, 2.24) is 10.1 Å². The van der Waals surface area contributed by atoms with E-state index < -0.39 is 0 Å². The van der Waals surface area contributed by atoms with Crippen LogP contribution in [0.3, 0.4) is 0 Å². The minimum Gasteiger partial charge on any atom is -0.381 e. The standard InChI is InChI=1S/C17H20N2O3/c1-12-15(16(18-22-12)13-6-4-3-5-7-13)17(20)19-10-8-14(21-2)9-11-19/h3-7,14H,8-11H2,1-2H3. The number of hydrogen-bond donors (Lipinski definition) is 0. The lowest BCUT2D eigenvalue weighted by molar-refractivity contribution is 0.0350. The SMILES string of the molecule is COC1CCN(C(=O)c2c(-c3ccccc3)noc2C)CC1. The molecule has 0 atom stereocenters. The van der Waals surface area contributed by atoms with Crippen LogP contribution in [-0.4, -0.2) is 42.3 Å². The zero-order valence-corrected chi connectivity index (χ0v) is 12.9. The number of rotatable bonds is 3. The van der Waals surface area contributed by atoms with Crippen LogP contribution in [0.4, 0.5) is 0 Å². The Morgan fingerprint density at radius 3 is 2.59 bits per heavy atom. The molecule has 0 N–H and O–H groups in total. The van der Waals surface area contributed by atoms with Gasteiger partial charge in [-0.1, -0.05) is 35.5 Å². The minimum absolute atomic E-state index is 0.00726. The first-order valence-corrected chi connectivity index (χ1v) is 7.54. The number of carbonyl (C=O) groups is 1. The van der Waals surface area contributed by atoms with E-state index >= 15 is 0 Å². The molecule has 22 heavy (non-hydrogen) atoms. The monoisotopic (exact) mass is 300 g/mol. The number of amides is 1. The Kier molecular flexibility index (Phi) is 4.24. The molecule has 1 aliphatic heterocycles. The molecular weight excluding hydrogens is 280 g/mol. The molecule has 1 amide bonds. The van der Waals surface area contributed by atoms with Gasteiger partial charge in [0.2, 0.25) is 0 Å². The molecule has 116 valence electrons. The van der Waals surface area contributed by atoms with E-state index in [1.54, 1.807) is 14.0 Å². The first kappa shape index (κ1) is 14.8. The normalized spacial score (nSPS) is 16.0. The fourth-order valence-electron chi connectivity index (χ4n) is 2.87. The third-order valence-corrected chi connectivity index (χ3v) is 4.19. The van der Waals surface area contributed by atoms with Crippen LogP contribution in [-0.2, 0) is 4.74 Å². The molecule has 2 heterocycles. The molecule has 0 unspecified atom stereocenters. The number of aromatic nitrogens is 1. The van der Waals surface area contributed by atoms with E-state index in [1.807, 2.05) is 35.2 Å². The molecule has 0 saturated carbocycles. The summed E-state index contributed by atoms with van der Waals surface area (Å²) in [7, 11) is 1.72. The number of carbonyl (C=O) groups excluding carboxylic acids is 1. The Morgan fingerprint density at radius 2 is 1.95 bits per heavy atom. The summed E-state index contributed by atoms with van der Waals surface area (Å²) in [6.45, 7) is 3.20. The van der Waals surface area contributed by atoms with Crippen molar-refractivity contribution in [3.05, 3.63) is 41.7 Å². The van der Waals surface area contributed by atoms with Gasteiger partial charge in [-0.05, 0) is 19.8 Å². The molecule has 1 saturated heterocycles. The molecule has 5 heteroatoms. The maximum Gasteiger partial charge on any atom is 0.259 e. The largest absolute Gasteiger partial charge is 0.381 e. The second-order valence-corrected chi connectivity index (χ2v) is 5.56. The topological polar surface area (TPSA) is 55.6 Å². The van der Waals surface area contributed by atoms with Gasteiger partial charge in [0.15, 0.2) is 0 Å². The highest BCUT2D eigenvalue weighted by molar-refractivity contribution is 6.00. The van der Waals surface area contributed by atoms with Crippen LogP contribution in [0.2, 0.25) is 0 Å². The minimum atomic E-state index is -0.00726. The van der Waals surface area contributed by atoms with Crippen LogP contribution in [0.15, 0.2) is 34.9 Å². The summed E-state index contributed by atoms with van der Waals surface area (Å²) >= 11 is 0.